The first-order valence-electron chi connectivity index (χ1n) is 5.85. The van der Waals surface area contributed by atoms with Crippen LogP contribution in [0.2, 0.25) is 5.02 Å². The molecule has 0 aliphatic rings. The van der Waals surface area contributed by atoms with Crippen LogP contribution in [0.15, 0.2) is 24.3 Å². The first-order valence-corrected chi connectivity index (χ1v) is 6.22. The minimum atomic E-state index is -0.553. The van der Waals surface area contributed by atoms with Gasteiger partial charge in [-0.2, -0.15) is 0 Å². The number of nitrogens with two attached hydrogens (primary N) is 1. The van der Waals surface area contributed by atoms with E-state index in [0.717, 1.165) is 19.3 Å². The van der Waals surface area contributed by atoms with Crippen LogP contribution >= 0.6 is 24.0 Å². The fourth-order valence-corrected chi connectivity index (χ4v) is 1.64. The molecule has 18 heavy (non-hydrogen) atoms. The van der Waals surface area contributed by atoms with Crippen LogP contribution in [-0.4, -0.2) is 12.0 Å². The number of primary amides is 1. The lowest BCUT2D eigenvalue weighted by molar-refractivity contribution is -0.125. The Hall–Kier alpha value is -0.930. The molecule has 1 aromatic carbocycles. The lowest BCUT2D eigenvalue weighted by atomic mass is 10.1. The SMILES string of the molecule is CCCCCC(Oc1ccc(Cl)cc1)C(N)=O.Cl. The molecule has 0 saturated carbocycles. The number of ether oxygens (including phenoxy) is 1. The monoisotopic (exact) mass is 291 g/mol. The quantitative estimate of drug-likeness (QED) is 0.781. The predicted octanol–water partition coefficient (Wildman–Crippen LogP) is 3.57. The maximum absolute atomic E-state index is 11.2. The van der Waals surface area contributed by atoms with Gasteiger partial charge in [-0.15, -0.1) is 12.4 Å². The largest absolute Gasteiger partial charge is 0.481 e. The van der Waals surface area contributed by atoms with Crippen LogP contribution in [0.1, 0.15) is 32.6 Å². The van der Waals surface area contributed by atoms with Crippen molar-refractivity contribution in [2.24, 2.45) is 5.73 Å². The number of amides is 1. The Labute approximate surface area is 119 Å². The van der Waals surface area contributed by atoms with Crippen molar-refractivity contribution >= 4 is 29.9 Å². The number of carbonyl (C=O) groups excluding carboxylic acids is 1. The Balaban J connectivity index is 0.00000289. The third kappa shape index (κ3) is 6.12. The number of unbranched alkanes of at least 4 members (excludes halogenated alkanes) is 2. The normalized spacial score (nSPS) is 11.4. The molecule has 1 amide bonds. The van der Waals surface area contributed by atoms with E-state index < -0.39 is 12.0 Å². The molecule has 0 spiro atoms. The molecular weight excluding hydrogens is 273 g/mol. The Morgan fingerprint density at radius 2 is 1.94 bits per heavy atom. The molecule has 3 nitrogen and oxygen atoms in total. The topological polar surface area (TPSA) is 52.3 Å². The highest BCUT2D eigenvalue weighted by Gasteiger charge is 2.16. The molecule has 0 bridgehead atoms. The summed E-state index contributed by atoms with van der Waals surface area (Å²) in [6.45, 7) is 2.11. The second-order valence-electron chi connectivity index (χ2n) is 3.96. The molecule has 0 radical (unpaired) electrons. The van der Waals surface area contributed by atoms with Gasteiger partial charge in [-0.25, -0.2) is 0 Å². The summed E-state index contributed by atoms with van der Waals surface area (Å²) in [7, 11) is 0. The van der Waals surface area contributed by atoms with Crippen molar-refractivity contribution in [3.63, 3.8) is 0 Å². The standard InChI is InChI=1S/C13H18ClNO2.ClH/c1-2-3-4-5-12(13(15)16)17-11-8-6-10(14)7-9-11;/h6-9,12H,2-5H2,1H3,(H2,15,16);1H. The lowest BCUT2D eigenvalue weighted by Crippen LogP contribution is -2.33. The van der Waals surface area contributed by atoms with Crippen LogP contribution in [-0.2, 0) is 4.79 Å². The van der Waals surface area contributed by atoms with Crippen molar-refractivity contribution in [3.8, 4) is 5.75 Å². The molecule has 102 valence electrons. The van der Waals surface area contributed by atoms with Gasteiger partial charge in [0.2, 0.25) is 0 Å². The molecule has 1 aromatic rings. The highest BCUT2D eigenvalue weighted by molar-refractivity contribution is 6.30. The second-order valence-corrected chi connectivity index (χ2v) is 4.39. The highest BCUT2D eigenvalue weighted by Crippen LogP contribution is 2.18. The van der Waals surface area contributed by atoms with E-state index in [4.69, 9.17) is 22.1 Å². The van der Waals surface area contributed by atoms with E-state index in [9.17, 15) is 4.79 Å². The fourth-order valence-electron chi connectivity index (χ4n) is 1.52. The Morgan fingerprint density at radius 1 is 1.33 bits per heavy atom. The van der Waals surface area contributed by atoms with Gasteiger partial charge < -0.3 is 10.5 Å². The first-order chi connectivity index (χ1) is 8.13. The Morgan fingerprint density at radius 3 is 2.44 bits per heavy atom. The van der Waals surface area contributed by atoms with Gasteiger partial charge in [-0.05, 0) is 37.1 Å². The smallest absolute Gasteiger partial charge is 0.258 e. The van der Waals surface area contributed by atoms with Gasteiger partial charge in [0.25, 0.3) is 5.91 Å². The van der Waals surface area contributed by atoms with E-state index in [0.29, 0.717) is 17.2 Å². The van der Waals surface area contributed by atoms with Crippen LogP contribution in [0.25, 0.3) is 0 Å². The molecule has 0 aromatic heterocycles. The van der Waals surface area contributed by atoms with Crippen molar-refractivity contribution in [1.29, 1.82) is 0 Å². The van der Waals surface area contributed by atoms with Gasteiger partial charge in [0.05, 0.1) is 0 Å². The number of hydrogen-bond acceptors (Lipinski definition) is 2. The van der Waals surface area contributed by atoms with Crippen molar-refractivity contribution in [1.82, 2.24) is 0 Å². The molecule has 0 saturated heterocycles. The summed E-state index contributed by atoms with van der Waals surface area (Å²) < 4.78 is 5.54. The predicted molar refractivity (Wildman–Crippen MR) is 76.5 cm³/mol. The van der Waals surface area contributed by atoms with Crippen LogP contribution in [0, 0.1) is 0 Å². The van der Waals surface area contributed by atoms with E-state index in [1.165, 1.54) is 0 Å². The zero-order valence-electron chi connectivity index (χ0n) is 10.4. The second kappa shape index (κ2) is 9.06. The van der Waals surface area contributed by atoms with Gasteiger partial charge in [-0.1, -0.05) is 31.4 Å². The van der Waals surface area contributed by atoms with Crippen LogP contribution < -0.4 is 10.5 Å². The van der Waals surface area contributed by atoms with E-state index in [2.05, 4.69) is 6.92 Å². The van der Waals surface area contributed by atoms with E-state index in [-0.39, 0.29) is 12.4 Å². The molecule has 0 aliphatic carbocycles. The van der Waals surface area contributed by atoms with Crippen molar-refractivity contribution in [2.45, 2.75) is 38.7 Å². The van der Waals surface area contributed by atoms with Gasteiger partial charge in [0, 0.05) is 5.02 Å². The Bertz CT molecular complexity index is 355. The van der Waals surface area contributed by atoms with Gasteiger partial charge in [0.15, 0.2) is 6.10 Å². The van der Waals surface area contributed by atoms with Gasteiger partial charge in [-0.3, -0.25) is 4.79 Å². The van der Waals surface area contributed by atoms with Crippen molar-refractivity contribution < 1.29 is 9.53 Å². The summed E-state index contributed by atoms with van der Waals surface area (Å²) in [6.07, 6.45) is 3.23. The minimum absolute atomic E-state index is 0. The maximum atomic E-state index is 11.2. The molecular formula is C13H19Cl2NO2. The summed E-state index contributed by atoms with van der Waals surface area (Å²) >= 11 is 5.77. The zero-order chi connectivity index (χ0) is 12.7. The molecule has 1 atom stereocenters. The molecule has 1 rings (SSSR count). The summed E-state index contributed by atoms with van der Waals surface area (Å²) in [6, 6.07) is 6.91. The molecule has 0 fully saturated rings. The van der Waals surface area contributed by atoms with Crippen LogP contribution in [0.5, 0.6) is 5.75 Å². The summed E-state index contributed by atoms with van der Waals surface area (Å²) in [5, 5.41) is 0.638. The first kappa shape index (κ1) is 17.1. The number of hydrogen-bond donors (Lipinski definition) is 1. The number of benzene rings is 1. The van der Waals surface area contributed by atoms with E-state index >= 15 is 0 Å². The van der Waals surface area contributed by atoms with Crippen molar-refractivity contribution in [2.75, 3.05) is 0 Å². The van der Waals surface area contributed by atoms with Crippen LogP contribution in [0.4, 0.5) is 0 Å². The number of rotatable bonds is 7. The lowest BCUT2D eigenvalue weighted by Gasteiger charge is -2.15. The summed E-state index contributed by atoms with van der Waals surface area (Å²) in [5.41, 5.74) is 5.31. The van der Waals surface area contributed by atoms with Crippen LogP contribution in [0.3, 0.4) is 0 Å². The Kier molecular flexibility index (Phi) is 8.59. The van der Waals surface area contributed by atoms with Crippen molar-refractivity contribution in [3.05, 3.63) is 29.3 Å². The number of halogens is 2. The molecule has 0 heterocycles. The molecule has 2 N–H and O–H groups in total. The zero-order valence-corrected chi connectivity index (χ0v) is 12.0. The van der Waals surface area contributed by atoms with E-state index in [1.807, 2.05) is 0 Å². The number of carbonyl (C=O) groups is 1. The summed E-state index contributed by atoms with van der Waals surface area (Å²) in [5.74, 6) is 0.200. The molecule has 0 aliphatic heterocycles. The van der Waals surface area contributed by atoms with E-state index in [1.54, 1.807) is 24.3 Å². The average Bonchev–Trinajstić information content (AvgIpc) is 2.30. The average molecular weight is 292 g/mol. The molecule has 5 heteroatoms. The van der Waals surface area contributed by atoms with Gasteiger partial charge in [0.1, 0.15) is 5.75 Å². The molecule has 1 unspecified atom stereocenters. The fraction of sp³-hybridized carbons (Fsp3) is 0.462. The van der Waals surface area contributed by atoms with Gasteiger partial charge >= 0.3 is 0 Å². The summed E-state index contributed by atoms with van der Waals surface area (Å²) in [4.78, 5) is 11.2. The highest BCUT2D eigenvalue weighted by atomic mass is 35.5. The maximum Gasteiger partial charge on any atom is 0.258 e. The third-order valence-corrected chi connectivity index (χ3v) is 2.73. The third-order valence-electron chi connectivity index (χ3n) is 2.48. The minimum Gasteiger partial charge on any atom is -0.481 e.